The molecule has 0 saturated carbocycles. The number of nitrogens with zero attached hydrogens (tertiary/aromatic N) is 1. The number of alkyl halides is 4. The summed E-state index contributed by atoms with van der Waals surface area (Å²) >= 11 is 1.84. The molecule has 114 valence electrons. The van der Waals surface area contributed by atoms with E-state index in [0.717, 1.165) is 6.42 Å². The quantitative estimate of drug-likeness (QED) is 0.558. The molecule has 0 saturated heterocycles. The summed E-state index contributed by atoms with van der Waals surface area (Å²) in [5, 5.41) is 0. The van der Waals surface area contributed by atoms with Crippen LogP contribution in [-0.2, 0) is 17.8 Å². The highest BCUT2D eigenvalue weighted by Gasteiger charge is 2.40. The number of nitrogens with one attached hydrogen (secondary N) is 1. The van der Waals surface area contributed by atoms with E-state index < -0.39 is 31.1 Å². The first-order valence-electron chi connectivity index (χ1n) is 5.79. The highest BCUT2D eigenvalue weighted by atomic mass is 127. The van der Waals surface area contributed by atoms with Gasteiger partial charge in [0.15, 0.2) is 0 Å². The summed E-state index contributed by atoms with van der Waals surface area (Å²) in [5.41, 5.74) is 0.138. The van der Waals surface area contributed by atoms with Crippen molar-refractivity contribution in [3.63, 3.8) is 0 Å². The van der Waals surface area contributed by atoms with Crippen molar-refractivity contribution in [1.82, 2.24) is 9.97 Å². The largest absolute Gasteiger partial charge is 0.367 e. The van der Waals surface area contributed by atoms with Gasteiger partial charge in [0, 0.05) is 0 Å². The lowest BCUT2D eigenvalue weighted by molar-refractivity contribution is -0.168. The molecule has 20 heavy (non-hydrogen) atoms. The molecule has 1 aromatic heterocycles. The maximum atomic E-state index is 12.6. The topological polar surface area (TPSA) is 55.0 Å². The number of ether oxygens (including phenoxy) is 1. The van der Waals surface area contributed by atoms with Crippen molar-refractivity contribution in [1.29, 1.82) is 0 Å². The van der Waals surface area contributed by atoms with Crippen LogP contribution in [0, 0.1) is 3.57 Å². The summed E-state index contributed by atoms with van der Waals surface area (Å²) in [6.45, 7) is 0.0208. The maximum Gasteiger partial charge on any atom is 0.330 e. The van der Waals surface area contributed by atoms with Crippen LogP contribution < -0.4 is 5.56 Å². The average Bonchev–Trinajstić information content (AvgIpc) is 2.35. The molecule has 0 aromatic carbocycles. The smallest absolute Gasteiger partial charge is 0.330 e. The van der Waals surface area contributed by atoms with Crippen LogP contribution in [0.4, 0.5) is 17.6 Å². The van der Waals surface area contributed by atoms with Gasteiger partial charge in [0.05, 0.1) is 9.26 Å². The summed E-state index contributed by atoms with van der Waals surface area (Å²) < 4.78 is 54.0. The Morgan fingerprint density at radius 1 is 1.45 bits per heavy atom. The Kier molecular flexibility index (Phi) is 6.37. The van der Waals surface area contributed by atoms with Crippen LogP contribution in [0.25, 0.3) is 0 Å². The SMILES string of the molecule is CCCc1nc(COCC(F)(F)C(F)F)[nH]c(=O)c1I. The van der Waals surface area contributed by atoms with Crippen molar-refractivity contribution in [2.45, 2.75) is 38.7 Å². The number of rotatable bonds is 7. The first-order chi connectivity index (χ1) is 9.27. The van der Waals surface area contributed by atoms with Gasteiger partial charge in [-0.2, -0.15) is 8.78 Å². The van der Waals surface area contributed by atoms with Crippen molar-refractivity contribution >= 4 is 22.6 Å². The molecule has 0 aliphatic carbocycles. The molecule has 0 radical (unpaired) electrons. The van der Waals surface area contributed by atoms with Gasteiger partial charge in [-0.3, -0.25) is 4.79 Å². The number of H-pyrrole nitrogens is 1. The molecule has 1 aromatic rings. The molecule has 0 aliphatic heterocycles. The Morgan fingerprint density at radius 2 is 2.10 bits per heavy atom. The monoisotopic (exact) mass is 408 g/mol. The highest BCUT2D eigenvalue weighted by molar-refractivity contribution is 14.1. The van der Waals surface area contributed by atoms with Crippen molar-refractivity contribution < 1.29 is 22.3 Å². The van der Waals surface area contributed by atoms with E-state index in [-0.39, 0.29) is 5.82 Å². The minimum Gasteiger partial charge on any atom is -0.367 e. The molecule has 0 amide bonds. The molecule has 0 spiro atoms. The van der Waals surface area contributed by atoms with Gasteiger partial charge in [-0.05, 0) is 29.0 Å². The highest BCUT2D eigenvalue weighted by Crippen LogP contribution is 2.23. The third-order valence-corrected chi connectivity index (χ3v) is 3.43. The summed E-state index contributed by atoms with van der Waals surface area (Å²) in [4.78, 5) is 18.0. The normalized spacial score (nSPS) is 12.2. The molecule has 4 nitrogen and oxygen atoms in total. The van der Waals surface area contributed by atoms with Gasteiger partial charge in [0.1, 0.15) is 19.0 Å². The molecular formula is C11H13F4IN2O2. The first-order valence-corrected chi connectivity index (χ1v) is 6.87. The number of hydrogen-bond acceptors (Lipinski definition) is 3. The zero-order valence-corrected chi connectivity index (χ0v) is 12.7. The predicted molar refractivity (Wildman–Crippen MR) is 72.2 cm³/mol. The van der Waals surface area contributed by atoms with Crippen LogP contribution in [0.15, 0.2) is 4.79 Å². The fourth-order valence-electron chi connectivity index (χ4n) is 1.37. The molecule has 0 fully saturated rings. The van der Waals surface area contributed by atoms with Crippen molar-refractivity contribution in [3.05, 3.63) is 25.4 Å². The van der Waals surface area contributed by atoms with Crippen LogP contribution in [0.3, 0.4) is 0 Å². The van der Waals surface area contributed by atoms with Crippen LogP contribution in [0.1, 0.15) is 24.9 Å². The first kappa shape index (κ1) is 17.3. The van der Waals surface area contributed by atoms with E-state index in [1.807, 2.05) is 29.5 Å². The second-order valence-electron chi connectivity index (χ2n) is 4.08. The van der Waals surface area contributed by atoms with Gasteiger partial charge >= 0.3 is 12.3 Å². The van der Waals surface area contributed by atoms with Crippen LogP contribution in [0.2, 0.25) is 0 Å². The standard InChI is InChI=1S/C11H13F4IN2O2/c1-2-3-6-8(16)9(19)18-7(17-6)4-20-5-11(14,15)10(12)13/h10H,2-5H2,1H3,(H,17,18,19). The molecule has 0 aliphatic rings. The zero-order valence-electron chi connectivity index (χ0n) is 10.6. The number of aromatic amines is 1. The van der Waals surface area contributed by atoms with E-state index in [0.29, 0.717) is 15.7 Å². The Labute approximate surface area is 126 Å². The lowest BCUT2D eigenvalue weighted by Gasteiger charge is -2.15. The number of aryl methyl sites for hydroxylation is 1. The fraction of sp³-hybridized carbons (Fsp3) is 0.636. The lowest BCUT2D eigenvalue weighted by atomic mass is 10.2. The van der Waals surface area contributed by atoms with Gasteiger partial charge in [-0.25, -0.2) is 13.8 Å². The lowest BCUT2D eigenvalue weighted by Crippen LogP contribution is -2.32. The predicted octanol–water partition coefficient (Wildman–Crippen LogP) is 2.74. The van der Waals surface area contributed by atoms with E-state index in [2.05, 4.69) is 14.7 Å². The minimum absolute atomic E-state index is 0.0453. The summed E-state index contributed by atoms with van der Waals surface area (Å²) in [5.74, 6) is -4.17. The molecular weight excluding hydrogens is 395 g/mol. The van der Waals surface area contributed by atoms with E-state index in [1.165, 1.54) is 0 Å². The van der Waals surface area contributed by atoms with E-state index in [9.17, 15) is 22.4 Å². The van der Waals surface area contributed by atoms with Gasteiger partial charge < -0.3 is 9.72 Å². The Morgan fingerprint density at radius 3 is 2.65 bits per heavy atom. The van der Waals surface area contributed by atoms with Crippen molar-refractivity contribution in [2.75, 3.05) is 6.61 Å². The van der Waals surface area contributed by atoms with Gasteiger partial charge in [0.25, 0.3) is 5.56 Å². The molecule has 1 rings (SSSR count). The van der Waals surface area contributed by atoms with Gasteiger partial charge in [-0.15, -0.1) is 0 Å². The minimum atomic E-state index is -4.21. The molecule has 0 bridgehead atoms. The Balaban J connectivity index is 2.72. The van der Waals surface area contributed by atoms with Crippen LogP contribution >= 0.6 is 22.6 Å². The maximum absolute atomic E-state index is 12.6. The third kappa shape index (κ3) is 4.69. The van der Waals surface area contributed by atoms with E-state index >= 15 is 0 Å². The van der Waals surface area contributed by atoms with Crippen LogP contribution in [-0.4, -0.2) is 28.9 Å². The van der Waals surface area contributed by atoms with E-state index in [4.69, 9.17) is 0 Å². The van der Waals surface area contributed by atoms with Crippen molar-refractivity contribution in [3.8, 4) is 0 Å². The molecule has 1 N–H and O–H groups in total. The summed E-state index contributed by atoms with van der Waals surface area (Å²) in [7, 11) is 0. The van der Waals surface area contributed by atoms with Crippen LogP contribution in [0.5, 0.6) is 0 Å². The molecule has 1 heterocycles. The number of halogens is 5. The zero-order chi connectivity index (χ0) is 15.3. The second-order valence-corrected chi connectivity index (χ2v) is 5.16. The van der Waals surface area contributed by atoms with Gasteiger partial charge in [0.2, 0.25) is 0 Å². The second kappa shape index (κ2) is 7.34. The number of hydrogen-bond donors (Lipinski definition) is 1. The molecule has 9 heteroatoms. The Hall–Kier alpha value is -0.710. The Bertz CT molecular complexity index is 508. The molecule has 0 atom stereocenters. The fourth-order valence-corrected chi connectivity index (χ4v) is 1.90. The van der Waals surface area contributed by atoms with Gasteiger partial charge in [-0.1, -0.05) is 13.3 Å². The summed E-state index contributed by atoms with van der Waals surface area (Å²) in [6.07, 6.45) is -2.47. The van der Waals surface area contributed by atoms with E-state index in [1.54, 1.807) is 0 Å². The summed E-state index contributed by atoms with van der Waals surface area (Å²) in [6, 6.07) is 0. The average molecular weight is 408 g/mol. The van der Waals surface area contributed by atoms with Crippen molar-refractivity contribution in [2.24, 2.45) is 0 Å². The molecule has 0 unspecified atom stereocenters. The number of aromatic nitrogens is 2. The third-order valence-electron chi connectivity index (χ3n) is 2.32.